The van der Waals surface area contributed by atoms with Crippen molar-refractivity contribution in [3.05, 3.63) is 46.4 Å². The summed E-state index contributed by atoms with van der Waals surface area (Å²) in [6.07, 6.45) is 4.85. The van der Waals surface area contributed by atoms with E-state index in [9.17, 15) is 4.79 Å². The smallest absolute Gasteiger partial charge is 0.266 e. The molecule has 22 heavy (non-hydrogen) atoms. The van der Waals surface area contributed by atoms with E-state index in [4.69, 9.17) is 17.0 Å². The van der Waals surface area contributed by atoms with Crippen molar-refractivity contribution >= 4 is 40.3 Å². The molecule has 1 aromatic rings. The molecule has 2 heterocycles. The minimum atomic E-state index is 0.00380. The molecule has 5 heteroatoms. The van der Waals surface area contributed by atoms with Crippen molar-refractivity contribution in [2.45, 2.75) is 26.3 Å². The molecule has 0 aromatic heterocycles. The number of hydrogen-bond donors (Lipinski definition) is 0. The van der Waals surface area contributed by atoms with Gasteiger partial charge in [0, 0.05) is 11.6 Å². The number of fused-ring (bicyclic) bond motifs is 1. The van der Waals surface area contributed by atoms with E-state index < -0.39 is 0 Å². The zero-order valence-electron chi connectivity index (χ0n) is 12.5. The number of thioether (sulfide) groups is 1. The van der Waals surface area contributed by atoms with Crippen LogP contribution in [0.4, 0.5) is 0 Å². The molecule has 0 unspecified atom stereocenters. The molecular formula is C17H17NO2S2. The number of ether oxygens (including phenoxy) is 1. The van der Waals surface area contributed by atoms with E-state index in [1.807, 2.05) is 37.3 Å². The Kier molecular flexibility index (Phi) is 4.36. The molecule has 0 bridgehead atoms. The van der Waals surface area contributed by atoms with Gasteiger partial charge in [-0.05, 0) is 37.1 Å². The average Bonchev–Trinajstić information content (AvgIpc) is 2.80. The lowest BCUT2D eigenvalue weighted by atomic mass is 10.1. The second-order valence-electron chi connectivity index (χ2n) is 5.35. The highest BCUT2D eigenvalue weighted by atomic mass is 32.2. The Balaban J connectivity index is 1.87. The monoisotopic (exact) mass is 331 g/mol. The first-order chi connectivity index (χ1) is 10.6. The summed E-state index contributed by atoms with van der Waals surface area (Å²) in [6, 6.07) is 8.02. The fourth-order valence-electron chi connectivity index (χ4n) is 2.43. The van der Waals surface area contributed by atoms with Crippen molar-refractivity contribution in [1.29, 1.82) is 0 Å². The van der Waals surface area contributed by atoms with Gasteiger partial charge in [-0.3, -0.25) is 9.69 Å². The van der Waals surface area contributed by atoms with Gasteiger partial charge in [-0.2, -0.15) is 0 Å². The van der Waals surface area contributed by atoms with Crippen LogP contribution >= 0.6 is 24.0 Å². The van der Waals surface area contributed by atoms with Gasteiger partial charge in [-0.1, -0.05) is 49.1 Å². The number of benzene rings is 1. The molecular weight excluding hydrogens is 314 g/mol. The fourth-order valence-corrected chi connectivity index (χ4v) is 3.91. The van der Waals surface area contributed by atoms with Crippen molar-refractivity contribution in [1.82, 2.24) is 4.90 Å². The van der Waals surface area contributed by atoms with Gasteiger partial charge in [-0.25, -0.2) is 0 Å². The van der Waals surface area contributed by atoms with E-state index in [0.717, 1.165) is 23.3 Å². The highest BCUT2D eigenvalue weighted by Crippen LogP contribution is 2.35. The first-order valence-electron chi connectivity index (χ1n) is 7.29. The van der Waals surface area contributed by atoms with Crippen LogP contribution < -0.4 is 4.74 Å². The Labute approximate surface area is 140 Å². The molecule has 2 aliphatic heterocycles. The van der Waals surface area contributed by atoms with Gasteiger partial charge in [-0.15, -0.1) is 0 Å². The number of para-hydroxylation sites is 1. The first kappa shape index (κ1) is 15.3. The Bertz CT molecular complexity index is 694. The lowest BCUT2D eigenvalue weighted by molar-refractivity contribution is -0.123. The van der Waals surface area contributed by atoms with Gasteiger partial charge in [0.05, 0.1) is 4.91 Å². The van der Waals surface area contributed by atoms with Crippen LogP contribution in [0.3, 0.4) is 0 Å². The third-order valence-electron chi connectivity index (χ3n) is 3.83. The molecule has 1 saturated heterocycles. The van der Waals surface area contributed by atoms with Crippen LogP contribution in [0.15, 0.2) is 40.8 Å². The summed E-state index contributed by atoms with van der Waals surface area (Å²) in [5.74, 6) is 0.885. The molecule has 0 aliphatic carbocycles. The summed E-state index contributed by atoms with van der Waals surface area (Å²) in [4.78, 5) is 14.9. The summed E-state index contributed by atoms with van der Waals surface area (Å²) in [6.45, 7) is 4.55. The first-order valence-corrected chi connectivity index (χ1v) is 8.52. The topological polar surface area (TPSA) is 29.5 Å². The minimum absolute atomic E-state index is 0.00380. The second kappa shape index (κ2) is 6.26. The molecule has 3 nitrogen and oxygen atoms in total. The third-order valence-corrected chi connectivity index (χ3v) is 5.16. The van der Waals surface area contributed by atoms with Crippen molar-refractivity contribution < 1.29 is 9.53 Å². The third kappa shape index (κ3) is 2.83. The summed E-state index contributed by atoms with van der Waals surface area (Å²) in [5, 5.41) is 0. The summed E-state index contributed by atoms with van der Waals surface area (Å²) >= 11 is 6.72. The molecule has 0 saturated carbocycles. The Morgan fingerprint density at radius 1 is 1.45 bits per heavy atom. The number of hydrogen-bond acceptors (Lipinski definition) is 4. The molecule has 2 aliphatic rings. The maximum atomic E-state index is 12.5. The Morgan fingerprint density at radius 2 is 2.23 bits per heavy atom. The fraction of sp³-hybridized carbons (Fsp3) is 0.294. The lowest BCUT2D eigenvalue weighted by Crippen LogP contribution is -2.36. The van der Waals surface area contributed by atoms with Crippen molar-refractivity contribution in [3.8, 4) is 5.75 Å². The summed E-state index contributed by atoms with van der Waals surface area (Å²) < 4.78 is 6.37. The Hall–Kier alpha value is -1.59. The number of carbonyl (C=O) groups excluding carboxylic acids is 1. The van der Waals surface area contributed by atoms with Crippen molar-refractivity contribution in [3.63, 3.8) is 0 Å². The molecule has 114 valence electrons. The van der Waals surface area contributed by atoms with Crippen molar-refractivity contribution in [2.24, 2.45) is 0 Å². The Morgan fingerprint density at radius 3 is 3.00 bits per heavy atom. The molecule has 1 atom stereocenters. The van der Waals surface area contributed by atoms with Crippen LogP contribution in [0.1, 0.15) is 25.8 Å². The molecule has 1 aromatic carbocycles. The van der Waals surface area contributed by atoms with Gasteiger partial charge < -0.3 is 4.74 Å². The highest BCUT2D eigenvalue weighted by molar-refractivity contribution is 8.26. The second-order valence-corrected chi connectivity index (χ2v) is 7.03. The largest absolute Gasteiger partial charge is 0.488 e. The van der Waals surface area contributed by atoms with E-state index in [2.05, 4.69) is 13.0 Å². The number of thiocarbonyl (C=S) groups is 1. The molecule has 1 fully saturated rings. The predicted octanol–water partition coefficient (Wildman–Crippen LogP) is 4.01. The van der Waals surface area contributed by atoms with Gasteiger partial charge in [0.15, 0.2) is 0 Å². The number of carbonyl (C=O) groups is 1. The molecule has 1 amide bonds. The summed E-state index contributed by atoms with van der Waals surface area (Å²) in [5.41, 5.74) is 2.03. The van der Waals surface area contributed by atoms with Gasteiger partial charge >= 0.3 is 0 Å². The summed E-state index contributed by atoms with van der Waals surface area (Å²) in [7, 11) is 0. The SMILES string of the molecule is CC[C@H](C)N1C(=O)/C(=C/C2=Cc3ccccc3OC2)SC1=S. The van der Waals surface area contributed by atoms with Crippen LogP contribution in [0.2, 0.25) is 0 Å². The zero-order chi connectivity index (χ0) is 15.7. The van der Waals surface area contributed by atoms with E-state index >= 15 is 0 Å². The number of nitrogens with zero attached hydrogens (tertiary/aromatic N) is 1. The van der Waals surface area contributed by atoms with Crippen LogP contribution in [0.25, 0.3) is 6.08 Å². The molecule has 3 rings (SSSR count). The maximum Gasteiger partial charge on any atom is 0.266 e. The molecule has 0 N–H and O–H groups in total. The molecule has 0 spiro atoms. The van der Waals surface area contributed by atoms with Crippen LogP contribution in [-0.2, 0) is 4.79 Å². The van der Waals surface area contributed by atoms with Crippen LogP contribution in [0, 0.1) is 0 Å². The normalized spacial score (nSPS) is 20.7. The van der Waals surface area contributed by atoms with E-state index in [1.165, 1.54) is 11.8 Å². The maximum absolute atomic E-state index is 12.5. The zero-order valence-corrected chi connectivity index (χ0v) is 14.2. The standard InChI is InChI=1S/C17H17NO2S2/c1-3-11(2)18-16(19)15(22-17(18)21)9-12-8-13-6-4-5-7-14(13)20-10-12/h4-9,11H,3,10H2,1-2H3/b15-9-/t11-/m0/s1. The quantitative estimate of drug-likeness (QED) is 0.618. The predicted molar refractivity (Wildman–Crippen MR) is 94.8 cm³/mol. The van der Waals surface area contributed by atoms with E-state index in [-0.39, 0.29) is 11.9 Å². The van der Waals surface area contributed by atoms with Gasteiger partial charge in [0.1, 0.15) is 16.7 Å². The molecule has 0 radical (unpaired) electrons. The van der Waals surface area contributed by atoms with Gasteiger partial charge in [0.25, 0.3) is 5.91 Å². The average molecular weight is 331 g/mol. The van der Waals surface area contributed by atoms with Crippen LogP contribution in [-0.4, -0.2) is 27.8 Å². The minimum Gasteiger partial charge on any atom is -0.488 e. The highest BCUT2D eigenvalue weighted by Gasteiger charge is 2.34. The number of rotatable bonds is 3. The van der Waals surface area contributed by atoms with Crippen LogP contribution in [0.5, 0.6) is 5.75 Å². The lowest BCUT2D eigenvalue weighted by Gasteiger charge is -2.21. The van der Waals surface area contributed by atoms with E-state index in [1.54, 1.807) is 4.90 Å². The number of amides is 1. The van der Waals surface area contributed by atoms with Gasteiger partial charge in [0.2, 0.25) is 0 Å². The van der Waals surface area contributed by atoms with Crippen molar-refractivity contribution in [2.75, 3.05) is 6.61 Å². The van der Waals surface area contributed by atoms with E-state index in [0.29, 0.717) is 15.8 Å².